The van der Waals surface area contributed by atoms with E-state index in [2.05, 4.69) is 27.1 Å². The van der Waals surface area contributed by atoms with Crippen LogP contribution in [0.15, 0.2) is 16.4 Å². The lowest BCUT2D eigenvalue weighted by atomic mass is 9.84. The van der Waals surface area contributed by atoms with Crippen molar-refractivity contribution in [3.8, 4) is 0 Å². The molecule has 1 aliphatic heterocycles. The Hall–Kier alpha value is -1.36. The SMILES string of the molecule is CN=C(NCCC(=O)N1CCc2sccc2C1)NCC1(C(=O)N(C)C)CCCC1.I. The van der Waals surface area contributed by atoms with E-state index in [0.29, 0.717) is 25.5 Å². The van der Waals surface area contributed by atoms with E-state index in [1.165, 1.54) is 10.4 Å². The Bertz CT molecular complexity index is 758. The molecule has 0 bridgehead atoms. The third kappa shape index (κ3) is 5.87. The number of carbonyl (C=O) groups is 2. The van der Waals surface area contributed by atoms with E-state index in [1.54, 1.807) is 23.3 Å². The van der Waals surface area contributed by atoms with Crippen LogP contribution in [0.4, 0.5) is 0 Å². The minimum atomic E-state index is -0.344. The van der Waals surface area contributed by atoms with Gasteiger partial charge in [-0.3, -0.25) is 14.6 Å². The van der Waals surface area contributed by atoms with Gasteiger partial charge in [0.25, 0.3) is 0 Å². The molecule has 0 saturated heterocycles. The summed E-state index contributed by atoms with van der Waals surface area (Å²) in [5.74, 6) is 1.00. The van der Waals surface area contributed by atoms with Crippen LogP contribution >= 0.6 is 35.3 Å². The summed E-state index contributed by atoms with van der Waals surface area (Å²) in [6.07, 6.45) is 5.38. The monoisotopic (exact) mass is 547 g/mol. The third-order valence-corrected chi connectivity index (χ3v) is 7.05. The van der Waals surface area contributed by atoms with Gasteiger partial charge in [0.05, 0.1) is 5.41 Å². The summed E-state index contributed by atoms with van der Waals surface area (Å²) >= 11 is 1.78. The third-order valence-electron chi connectivity index (χ3n) is 6.03. The highest BCUT2D eigenvalue weighted by Crippen LogP contribution is 2.38. The van der Waals surface area contributed by atoms with Gasteiger partial charge in [-0.05, 0) is 36.3 Å². The Morgan fingerprint density at radius 2 is 2.00 bits per heavy atom. The lowest BCUT2D eigenvalue weighted by Gasteiger charge is -2.31. The quantitative estimate of drug-likeness (QED) is 0.326. The fraction of sp³-hybridized carbons (Fsp3) is 0.667. The Labute approximate surface area is 200 Å². The average molecular weight is 548 g/mol. The standard InChI is InChI=1S/C21H33N5O2S.HI/c1-22-20(24-15-21(9-4-5-10-21)19(28)25(2)3)23-11-6-18(27)26-12-7-17-16(14-26)8-13-29-17;/h8,13H,4-7,9-12,14-15H2,1-3H3,(H2,22,23,24);1H. The van der Waals surface area contributed by atoms with E-state index in [0.717, 1.165) is 45.2 Å². The topological polar surface area (TPSA) is 77.0 Å². The molecule has 0 unspecified atom stereocenters. The van der Waals surface area contributed by atoms with E-state index in [4.69, 9.17) is 0 Å². The maximum atomic E-state index is 12.7. The van der Waals surface area contributed by atoms with Crippen molar-refractivity contribution in [3.63, 3.8) is 0 Å². The van der Waals surface area contributed by atoms with Gasteiger partial charge in [-0.2, -0.15) is 0 Å². The second-order valence-electron chi connectivity index (χ2n) is 8.22. The molecule has 1 fully saturated rings. The van der Waals surface area contributed by atoms with E-state index >= 15 is 0 Å². The smallest absolute Gasteiger partial charge is 0.230 e. The highest BCUT2D eigenvalue weighted by molar-refractivity contribution is 14.0. The molecule has 30 heavy (non-hydrogen) atoms. The van der Waals surface area contributed by atoms with Crippen molar-refractivity contribution < 1.29 is 9.59 Å². The maximum Gasteiger partial charge on any atom is 0.230 e. The summed E-state index contributed by atoms with van der Waals surface area (Å²) in [6.45, 7) is 2.62. The lowest BCUT2D eigenvalue weighted by molar-refractivity contribution is -0.138. The van der Waals surface area contributed by atoms with Crippen molar-refractivity contribution in [1.82, 2.24) is 20.4 Å². The molecule has 168 valence electrons. The van der Waals surface area contributed by atoms with Gasteiger partial charge in [0.15, 0.2) is 5.96 Å². The van der Waals surface area contributed by atoms with Gasteiger partial charge in [0.2, 0.25) is 11.8 Å². The second kappa shape index (κ2) is 11.3. The van der Waals surface area contributed by atoms with Gasteiger partial charge in [-0.1, -0.05) is 12.8 Å². The van der Waals surface area contributed by atoms with Crippen LogP contribution in [-0.4, -0.2) is 68.4 Å². The normalized spacial score (nSPS) is 17.7. The number of guanidine groups is 1. The number of rotatable bonds is 6. The predicted molar refractivity (Wildman–Crippen MR) is 132 cm³/mol. The number of amides is 2. The van der Waals surface area contributed by atoms with Gasteiger partial charge >= 0.3 is 0 Å². The van der Waals surface area contributed by atoms with Gasteiger partial charge in [0, 0.05) is 58.6 Å². The van der Waals surface area contributed by atoms with Gasteiger partial charge in [-0.15, -0.1) is 35.3 Å². The predicted octanol–water partition coefficient (Wildman–Crippen LogP) is 2.45. The zero-order chi connectivity index (χ0) is 20.9. The van der Waals surface area contributed by atoms with Gasteiger partial charge < -0.3 is 20.4 Å². The van der Waals surface area contributed by atoms with E-state index in [1.807, 2.05) is 19.0 Å². The minimum absolute atomic E-state index is 0. The number of fused-ring (bicyclic) bond motifs is 1. The Kier molecular flexibility index (Phi) is 9.39. The molecule has 2 heterocycles. The lowest BCUT2D eigenvalue weighted by Crippen LogP contribution is -2.49. The first-order valence-electron chi connectivity index (χ1n) is 10.4. The van der Waals surface area contributed by atoms with E-state index < -0.39 is 0 Å². The first-order valence-corrected chi connectivity index (χ1v) is 11.3. The second-order valence-corrected chi connectivity index (χ2v) is 9.22. The summed E-state index contributed by atoms with van der Waals surface area (Å²) < 4.78 is 0. The van der Waals surface area contributed by atoms with Crippen LogP contribution in [-0.2, 0) is 22.6 Å². The first kappa shape index (κ1) is 24.9. The molecule has 1 saturated carbocycles. The molecule has 2 N–H and O–H groups in total. The van der Waals surface area contributed by atoms with Crippen molar-refractivity contribution in [2.24, 2.45) is 10.4 Å². The summed E-state index contributed by atoms with van der Waals surface area (Å²) in [6, 6.07) is 2.12. The Morgan fingerprint density at radius 3 is 2.67 bits per heavy atom. The molecule has 9 heteroatoms. The largest absolute Gasteiger partial charge is 0.356 e. The van der Waals surface area contributed by atoms with E-state index in [-0.39, 0.29) is 41.2 Å². The van der Waals surface area contributed by atoms with Crippen molar-refractivity contribution in [1.29, 1.82) is 0 Å². The van der Waals surface area contributed by atoms with Crippen LogP contribution in [0.3, 0.4) is 0 Å². The van der Waals surface area contributed by atoms with Crippen molar-refractivity contribution in [2.45, 2.75) is 45.1 Å². The molecule has 0 atom stereocenters. The Balaban J connectivity index is 0.00000320. The number of nitrogens with zero attached hydrogens (tertiary/aromatic N) is 3. The number of thiophene rings is 1. The van der Waals surface area contributed by atoms with Crippen LogP contribution in [0.1, 0.15) is 42.5 Å². The maximum absolute atomic E-state index is 12.7. The van der Waals surface area contributed by atoms with Crippen molar-refractivity contribution in [3.05, 3.63) is 21.9 Å². The van der Waals surface area contributed by atoms with Gasteiger partial charge in [0.1, 0.15) is 0 Å². The highest BCUT2D eigenvalue weighted by atomic mass is 127. The molecule has 3 rings (SSSR count). The van der Waals surface area contributed by atoms with Gasteiger partial charge in [-0.25, -0.2) is 0 Å². The molecule has 0 radical (unpaired) electrons. The van der Waals surface area contributed by atoms with E-state index in [9.17, 15) is 9.59 Å². The molecule has 1 aromatic heterocycles. The minimum Gasteiger partial charge on any atom is -0.356 e. The number of aliphatic imine (C=N–C) groups is 1. The van der Waals surface area contributed by atoms with Crippen molar-refractivity contribution >= 4 is 53.1 Å². The average Bonchev–Trinajstić information content (AvgIpc) is 3.39. The molecule has 2 aliphatic rings. The summed E-state index contributed by atoms with van der Waals surface area (Å²) in [4.78, 5) is 34.6. The van der Waals surface area contributed by atoms with Crippen LogP contribution < -0.4 is 10.6 Å². The molecule has 7 nitrogen and oxygen atoms in total. The molecule has 1 aliphatic carbocycles. The zero-order valence-corrected chi connectivity index (χ0v) is 21.3. The molecule has 0 aromatic carbocycles. The number of halogens is 1. The molecule has 0 spiro atoms. The Morgan fingerprint density at radius 1 is 1.27 bits per heavy atom. The molecule has 2 amide bonds. The number of hydrogen-bond donors (Lipinski definition) is 2. The number of hydrogen-bond acceptors (Lipinski definition) is 4. The fourth-order valence-corrected chi connectivity index (χ4v) is 5.26. The molecular weight excluding hydrogens is 513 g/mol. The van der Waals surface area contributed by atoms with Crippen LogP contribution in [0, 0.1) is 5.41 Å². The summed E-state index contributed by atoms with van der Waals surface area (Å²) in [7, 11) is 5.36. The van der Waals surface area contributed by atoms with Crippen LogP contribution in [0.2, 0.25) is 0 Å². The summed E-state index contributed by atoms with van der Waals surface area (Å²) in [5, 5.41) is 8.66. The highest BCUT2D eigenvalue weighted by Gasteiger charge is 2.42. The first-order chi connectivity index (χ1) is 13.9. The molecule has 1 aromatic rings. The zero-order valence-electron chi connectivity index (χ0n) is 18.2. The fourth-order valence-electron chi connectivity index (χ4n) is 4.37. The summed E-state index contributed by atoms with van der Waals surface area (Å²) in [5.41, 5.74) is 0.940. The van der Waals surface area contributed by atoms with Crippen LogP contribution in [0.25, 0.3) is 0 Å². The number of carbonyl (C=O) groups excluding carboxylic acids is 2. The van der Waals surface area contributed by atoms with Crippen LogP contribution in [0.5, 0.6) is 0 Å². The molecular formula is C21H34IN5O2S. The number of nitrogens with one attached hydrogen (secondary N) is 2. The van der Waals surface area contributed by atoms with Crippen molar-refractivity contribution in [2.75, 3.05) is 40.8 Å².